The van der Waals surface area contributed by atoms with Gasteiger partial charge in [-0.25, -0.2) is 0 Å². The molecule has 17 heavy (non-hydrogen) atoms. The van der Waals surface area contributed by atoms with Crippen LogP contribution in [-0.2, 0) is 5.41 Å². The normalized spacial score (nSPS) is 26.8. The molecule has 2 heteroatoms. The van der Waals surface area contributed by atoms with Crippen molar-refractivity contribution >= 4 is 0 Å². The van der Waals surface area contributed by atoms with Gasteiger partial charge < -0.3 is 10.4 Å². The van der Waals surface area contributed by atoms with Crippen LogP contribution in [0, 0.1) is 0 Å². The Kier molecular flexibility index (Phi) is 2.93. The van der Waals surface area contributed by atoms with Gasteiger partial charge in [0.25, 0.3) is 0 Å². The quantitative estimate of drug-likeness (QED) is 0.835. The average molecular weight is 231 g/mol. The fourth-order valence-electron chi connectivity index (χ4n) is 2.93. The Hall–Kier alpha value is -0.860. The summed E-state index contributed by atoms with van der Waals surface area (Å²) >= 11 is 0. The third kappa shape index (κ3) is 2.12. The molecule has 1 atom stereocenters. The highest BCUT2D eigenvalue weighted by Gasteiger charge is 2.43. The number of aliphatic hydroxyl groups excluding tert-OH is 1. The van der Waals surface area contributed by atoms with Crippen molar-refractivity contribution in [3.8, 4) is 0 Å². The highest BCUT2D eigenvalue weighted by atomic mass is 16.3. The van der Waals surface area contributed by atoms with Gasteiger partial charge in [0.15, 0.2) is 0 Å². The summed E-state index contributed by atoms with van der Waals surface area (Å²) in [6.45, 7) is 2.59. The van der Waals surface area contributed by atoms with Crippen LogP contribution in [0.25, 0.3) is 0 Å². The summed E-state index contributed by atoms with van der Waals surface area (Å²) in [4.78, 5) is 0. The van der Waals surface area contributed by atoms with Crippen molar-refractivity contribution in [3.63, 3.8) is 0 Å². The largest absolute Gasteiger partial charge is 0.395 e. The lowest BCUT2D eigenvalue weighted by Crippen LogP contribution is -2.28. The standard InChI is InChI=1S/C15H21NO/c17-11-15(7-8-15)14-5-3-12(4-6-14)13-2-1-9-16-10-13/h3-6,13,16-17H,1-2,7-11H2. The van der Waals surface area contributed by atoms with E-state index >= 15 is 0 Å². The number of rotatable bonds is 3. The average Bonchev–Trinajstić information content (AvgIpc) is 3.21. The maximum Gasteiger partial charge on any atom is 0.0527 e. The molecule has 1 unspecified atom stereocenters. The van der Waals surface area contributed by atoms with E-state index in [1.807, 2.05) is 0 Å². The van der Waals surface area contributed by atoms with E-state index in [1.54, 1.807) is 0 Å². The lowest BCUT2D eigenvalue weighted by Gasteiger charge is -2.23. The van der Waals surface area contributed by atoms with E-state index in [1.165, 1.54) is 30.5 Å². The van der Waals surface area contributed by atoms with Gasteiger partial charge in [0, 0.05) is 12.0 Å². The summed E-state index contributed by atoms with van der Waals surface area (Å²) in [5.41, 5.74) is 2.89. The zero-order valence-electron chi connectivity index (χ0n) is 10.3. The van der Waals surface area contributed by atoms with Gasteiger partial charge >= 0.3 is 0 Å². The van der Waals surface area contributed by atoms with Gasteiger partial charge in [-0.1, -0.05) is 24.3 Å². The minimum atomic E-state index is 0.114. The van der Waals surface area contributed by atoms with Crippen LogP contribution in [0.2, 0.25) is 0 Å². The maximum atomic E-state index is 9.42. The van der Waals surface area contributed by atoms with E-state index in [0.29, 0.717) is 12.5 Å². The molecule has 0 aromatic heterocycles. The van der Waals surface area contributed by atoms with E-state index in [-0.39, 0.29) is 5.41 Å². The molecule has 2 nitrogen and oxygen atoms in total. The first-order chi connectivity index (χ1) is 8.34. The molecule has 1 aliphatic heterocycles. The highest BCUT2D eigenvalue weighted by molar-refractivity contribution is 5.35. The number of benzene rings is 1. The van der Waals surface area contributed by atoms with Gasteiger partial charge in [-0.3, -0.25) is 0 Å². The van der Waals surface area contributed by atoms with Crippen molar-refractivity contribution in [2.75, 3.05) is 19.7 Å². The molecule has 1 aliphatic carbocycles. The summed E-state index contributed by atoms with van der Waals surface area (Å²) < 4.78 is 0. The number of hydrogen-bond donors (Lipinski definition) is 2. The Bertz CT molecular complexity index is 374. The lowest BCUT2D eigenvalue weighted by molar-refractivity contribution is 0.255. The van der Waals surface area contributed by atoms with Crippen LogP contribution in [0.1, 0.15) is 42.7 Å². The van der Waals surface area contributed by atoms with E-state index in [2.05, 4.69) is 29.6 Å². The molecule has 2 fully saturated rings. The molecular weight excluding hydrogens is 210 g/mol. The summed E-state index contributed by atoms with van der Waals surface area (Å²) in [7, 11) is 0. The van der Waals surface area contributed by atoms with E-state index in [9.17, 15) is 5.11 Å². The van der Waals surface area contributed by atoms with Crippen molar-refractivity contribution in [3.05, 3.63) is 35.4 Å². The van der Waals surface area contributed by atoms with Gasteiger partial charge in [-0.15, -0.1) is 0 Å². The van der Waals surface area contributed by atoms with Gasteiger partial charge in [0.2, 0.25) is 0 Å². The van der Waals surface area contributed by atoms with Gasteiger partial charge in [-0.05, 0) is 49.3 Å². The van der Waals surface area contributed by atoms with Crippen molar-refractivity contribution in [2.24, 2.45) is 0 Å². The van der Waals surface area contributed by atoms with E-state index < -0.39 is 0 Å². The molecule has 1 heterocycles. The van der Waals surface area contributed by atoms with E-state index in [0.717, 1.165) is 19.4 Å². The molecule has 1 aromatic carbocycles. The minimum Gasteiger partial charge on any atom is -0.395 e. The summed E-state index contributed by atoms with van der Waals surface area (Å²) in [6.07, 6.45) is 4.88. The van der Waals surface area contributed by atoms with Crippen LogP contribution in [0.3, 0.4) is 0 Å². The zero-order chi connectivity index (χ0) is 11.7. The third-order valence-corrected chi connectivity index (χ3v) is 4.45. The Morgan fingerprint density at radius 2 is 2.00 bits per heavy atom. The van der Waals surface area contributed by atoms with Crippen molar-refractivity contribution in [2.45, 2.75) is 37.0 Å². The molecule has 0 spiro atoms. The van der Waals surface area contributed by atoms with Crippen molar-refractivity contribution in [1.29, 1.82) is 0 Å². The molecule has 1 aromatic rings. The minimum absolute atomic E-state index is 0.114. The molecule has 0 bridgehead atoms. The van der Waals surface area contributed by atoms with Crippen LogP contribution in [0.15, 0.2) is 24.3 Å². The molecule has 2 aliphatic rings. The Morgan fingerprint density at radius 3 is 2.53 bits per heavy atom. The van der Waals surface area contributed by atoms with Crippen LogP contribution in [0.4, 0.5) is 0 Å². The van der Waals surface area contributed by atoms with Crippen molar-refractivity contribution < 1.29 is 5.11 Å². The maximum absolute atomic E-state index is 9.42. The second-order valence-corrected chi connectivity index (χ2v) is 5.60. The first-order valence-electron chi connectivity index (χ1n) is 6.76. The van der Waals surface area contributed by atoms with Crippen LogP contribution < -0.4 is 5.32 Å². The van der Waals surface area contributed by atoms with Gasteiger partial charge in [0.05, 0.1) is 6.61 Å². The molecule has 0 radical (unpaired) electrons. The molecule has 1 saturated heterocycles. The first-order valence-corrected chi connectivity index (χ1v) is 6.76. The zero-order valence-corrected chi connectivity index (χ0v) is 10.3. The SMILES string of the molecule is OCC1(c2ccc(C3CCCNC3)cc2)CC1. The number of nitrogens with one attached hydrogen (secondary N) is 1. The predicted octanol–water partition coefficient (Wildman–Crippen LogP) is 2.18. The van der Waals surface area contributed by atoms with Crippen LogP contribution in [0.5, 0.6) is 0 Å². The Morgan fingerprint density at radius 1 is 1.24 bits per heavy atom. The monoisotopic (exact) mass is 231 g/mol. The number of aliphatic hydroxyl groups is 1. The molecule has 92 valence electrons. The highest BCUT2D eigenvalue weighted by Crippen LogP contribution is 2.47. The Balaban J connectivity index is 1.75. The van der Waals surface area contributed by atoms with Gasteiger partial charge in [-0.2, -0.15) is 0 Å². The topological polar surface area (TPSA) is 32.3 Å². The molecule has 3 rings (SSSR count). The fourth-order valence-corrected chi connectivity index (χ4v) is 2.93. The predicted molar refractivity (Wildman–Crippen MR) is 69.3 cm³/mol. The first kappa shape index (κ1) is 11.2. The molecular formula is C15H21NO. The lowest BCUT2D eigenvalue weighted by atomic mass is 9.89. The molecule has 2 N–H and O–H groups in total. The smallest absolute Gasteiger partial charge is 0.0527 e. The van der Waals surface area contributed by atoms with Gasteiger partial charge in [0.1, 0.15) is 0 Å². The Labute approximate surface area is 103 Å². The molecule has 1 saturated carbocycles. The van der Waals surface area contributed by atoms with E-state index in [4.69, 9.17) is 0 Å². The van der Waals surface area contributed by atoms with Crippen molar-refractivity contribution in [1.82, 2.24) is 5.32 Å². The van der Waals surface area contributed by atoms with Crippen LogP contribution in [-0.4, -0.2) is 24.8 Å². The number of piperidine rings is 1. The molecule has 0 amide bonds. The second kappa shape index (κ2) is 4.43. The fraction of sp³-hybridized carbons (Fsp3) is 0.600. The second-order valence-electron chi connectivity index (χ2n) is 5.60. The third-order valence-electron chi connectivity index (χ3n) is 4.45. The van der Waals surface area contributed by atoms with Crippen LogP contribution >= 0.6 is 0 Å². The number of hydrogen-bond acceptors (Lipinski definition) is 2. The summed E-state index contributed by atoms with van der Waals surface area (Å²) in [5.74, 6) is 0.682. The summed E-state index contributed by atoms with van der Waals surface area (Å²) in [6, 6.07) is 8.99. The summed E-state index contributed by atoms with van der Waals surface area (Å²) in [5, 5.41) is 12.9.